The fraction of sp³-hybridized carbons (Fsp3) is 0.351. The van der Waals surface area contributed by atoms with Gasteiger partial charge in [-0.1, -0.05) is 0 Å². The highest BCUT2D eigenvalue weighted by atomic mass is 16.5. The Morgan fingerprint density at radius 2 is 0.707 bits per heavy atom. The fourth-order valence-electron chi connectivity index (χ4n) is 8.66. The zero-order valence-corrected chi connectivity index (χ0v) is 50.6. The van der Waals surface area contributed by atoms with Crippen LogP contribution in [0.3, 0.4) is 0 Å². The predicted molar refractivity (Wildman–Crippen MR) is 340 cm³/mol. The summed E-state index contributed by atoms with van der Waals surface area (Å²) < 4.78 is 21.6. The fourth-order valence-corrected chi connectivity index (χ4v) is 8.66. The van der Waals surface area contributed by atoms with E-state index in [2.05, 4.69) is 58.5 Å². The molecule has 0 aromatic heterocycles. The van der Waals surface area contributed by atoms with Gasteiger partial charge in [-0.05, 0) is 124 Å². The summed E-state index contributed by atoms with van der Waals surface area (Å²) in [5.74, 6) is -9.25. The summed E-state index contributed by atoms with van der Waals surface area (Å²) in [5.41, 5.74) is 32.9. The standard InChI is InChI=1S/C57H79N21O14/c1-89-41-16-12-29(24-33(41)46(59)81)73-51(86)38(9-5-21-69-55(62)63)76-47(82)34-25-31(13-17-42(34)90-2)74-52(87)39(10-6-22-70-56(64)65)77-48(83)35-26-32(14-18-43(35)91-3)75-53(88)40(11-7-23-71-57(66)67)78-49(84)36-27-30(15-19-44(36)92-28-45(79)80)72-50(85)37(58)8-4-20-68-54(60)61/h12-19,24-27,37-40H,4-11,20-23,28,58H2,1-3H3,(H2,59,81)(H,72,85)(H,73,86)(H,74,87)(H,75,88)(H,76,82)(H,77,83)(H,78,84)(H,79,80)(H4,60,61,68)(H4,62,63,69)(H4,64,65,70)(H4,66,67,71)/t37-,38-,39-,40-/m1/s1. The van der Waals surface area contributed by atoms with Crippen molar-refractivity contribution in [2.75, 3.05) is 75.4 Å². The second-order valence-corrected chi connectivity index (χ2v) is 20.1. The van der Waals surface area contributed by atoms with Crippen molar-refractivity contribution in [2.45, 2.75) is 75.5 Å². The monoisotopic (exact) mass is 1280 g/mol. The maximum atomic E-state index is 14.4. The molecular weight excluding hydrogens is 1200 g/mol. The van der Waals surface area contributed by atoms with Crippen LogP contribution in [0, 0.1) is 21.6 Å². The van der Waals surface area contributed by atoms with Gasteiger partial charge < -0.3 is 117 Å². The van der Waals surface area contributed by atoms with E-state index in [1.165, 1.54) is 94.1 Å². The number of primary amides is 1. The van der Waals surface area contributed by atoms with Crippen LogP contribution in [-0.4, -0.2) is 160 Å². The molecule has 0 fully saturated rings. The highest BCUT2D eigenvalue weighted by Gasteiger charge is 2.29. The van der Waals surface area contributed by atoms with E-state index in [0.29, 0.717) is 6.42 Å². The molecule has 35 nitrogen and oxygen atoms in total. The van der Waals surface area contributed by atoms with Gasteiger partial charge in [0.05, 0.1) is 49.6 Å². The van der Waals surface area contributed by atoms with Crippen LogP contribution < -0.4 is 112 Å². The van der Waals surface area contributed by atoms with E-state index in [-0.39, 0.29) is 163 Å². The first-order valence-corrected chi connectivity index (χ1v) is 28.3. The summed E-state index contributed by atoms with van der Waals surface area (Å²) in [6.07, 6.45) is 0.916. The number of methoxy groups -OCH3 is 3. The van der Waals surface area contributed by atoms with Crippen LogP contribution in [0.1, 0.15) is 92.8 Å². The molecule has 0 saturated heterocycles. The van der Waals surface area contributed by atoms with E-state index >= 15 is 0 Å². The number of carboxylic acids is 1. The summed E-state index contributed by atoms with van der Waals surface area (Å²) in [6, 6.07) is 10.9. The Kier molecular flexibility index (Phi) is 29.0. The molecule has 4 aromatic carbocycles. The highest BCUT2D eigenvalue weighted by Crippen LogP contribution is 2.28. The van der Waals surface area contributed by atoms with Gasteiger partial charge in [0.15, 0.2) is 30.4 Å². The first-order chi connectivity index (χ1) is 43.7. The lowest BCUT2D eigenvalue weighted by Crippen LogP contribution is -2.45. The summed E-state index contributed by atoms with van der Waals surface area (Å²) in [7, 11) is 3.89. The normalized spacial score (nSPS) is 11.8. The number of rotatable bonds is 37. The van der Waals surface area contributed by atoms with E-state index in [9.17, 15) is 48.3 Å². The molecule has 92 heavy (non-hydrogen) atoms. The third-order valence-corrected chi connectivity index (χ3v) is 13.2. The molecule has 0 aliphatic rings. The number of hydrogen-bond acceptors (Lipinski definition) is 18. The summed E-state index contributed by atoms with van der Waals surface area (Å²) in [6.45, 7) is -0.277. The molecule has 28 N–H and O–H groups in total. The third-order valence-electron chi connectivity index (χ3n) is 13.2. The molecule has 0 radical (unpaired) electrons. The molecule has 4 atom stereocenters. The number of nitrogens with two attached hydrogens (primary N) is 6. The lowest BCUT2D eigenvalue weighted by Gasteiger charge is -2.22. The van der Waals surface area contributed by atoms with Crippen LogP contribution in [0.5, 0.6) is 23.0 Å². The number of hydrogen-bond donors (Lipinski definition) is 22. The van der Waals surface area contributed by atoms with Gasteiger partial charge in [0.25, 0.3) is 23.6 Å². The van der Waals surface area contributed by atoms with Crippen molar-refractivity contribution in [3.05, 3.63) is 95.1 Å². The van der Waals surface area contributed by atoms with Gasteiger partial charge in [-0.15, -0.1) is 0 Å². The molecule has 0 bridgehead atoms. The Balaban J connectivity index is 1.62. The van der Waals surface area contributed by atoms with Crippen molar-refractivity contribution in [1.82, 2.24) is 37.2 Å². The van der Waals surface area contributed by atoms with Crippen LogP contribution in [0.2, 0.25) is 0 Å². The minimum absolute atomic E-state index is 0.00759. The summed E-state index contributed by atoms with van der Waals surface area (Å²) in [4.78, 5) is 122. The van der Waals surface area contributed by atoms with E-state index in [1.54, 1.807) is 0 Å². The third kappa shape index (κ3) is 24.1. The van der Waals surface area contributed by atoms with Gasteiger partial charge in [-0.25, -0.2) is 4.79 Å². The van der Waals surface area contributed by atoms with Crippen LogP contribution in [0.15, 0.2) is 72.8 Å². The Hall–Kier alpha value is -11.7. The molecule has 4 rings (SSSR count). The average Bonchev–Trinajstić information content (AvgIpc) is 1.02. The second-order valence-electron chi connectivity index (χ2n) is 20.1. The lowest BCUT2D eigenvalue weighted by atomic mass is 10.1. The first kappa shape index (κ1) is 72.8. The number of carbonyl (C=O) groups is 9. The number of guanidine groups is 4. The molecule has 0 saturated carbocycles. The number of carboxylic acid groups (broad SMARTS) is 1. The molecule has 0 unspecified atom stereocenters. The van der Waals surface area contributed by atoms with Crippen molar-refractivity contribution >= 4 is 99.8 Å². The molecule has 35 heteroatoms. The maximum Gasteiger partial charge on any atom is 0.341 e. The van der Waals surface area contributed by atoms with Crippen molar-refractivity contribution in [3.63, 3.8) is 0 Å². The summed E-state index contributed by atoms with van der Waals surface area (Å²) in [5, 5.41) is 68.4. The van der Waals surface area contributed by atoms with Crippen molar-refractivity contribution in [1.29, 1.82) is 21.6 Å². The predicted octanol–water partition coefficient (Wildman–Crippen LogP) is -1.20. The van der Waals surface area contributed by atoms with Crippen LogP contribution >= 0.6 is 0 Å². The average molecular weight is 1280 g/mol. The van der Waals surface area contributed by atoms with Crippen molar-refractivity contribution < 1.29 is 67.2 Å². The Morgan fingerprint density at radius 1 is 0.424 bits per heavy atom. The van der Waals surface area contributed by atoms with Crippen molar-refractivity contribution in [3.8, 4) is 23.0 Å². The zero-order chi connectivity index (χ0) is 68.0. The molecule has 8 amide bonds. The SMILES string of the molecule is COc1ccc(NC(=O)[C@@H](CCCNC(=N)N)NC(=O)c2cc(NC(=O)[C@@H](CCCNC(=N)N)NC(=O)c3cc(NC(=O)[C@@H](CCCNC(=N)N)NC(=O)c4cc(NC(=O)[C@H](N)CCCNC(=N)N)ccc4OCC(=O)O)ccc3OC)ccc2OC)cc1C(N)=O. The largest absolute Gasteiger partial charge is 0.496 e. The van der Waals surface area contributed by atoms with E-state index in [1.807, 2.05) is 0 Å². The molecule has 0 aliphatic heterocycles. The van der Waals surface area contributed by atoms with Gasteiger partial charge in [-0.2, -0.15) is 0 Å². The number of amides is 8. The lowest BCUT2D eigenvalue weighted by molar-refractivity contribution is -0.139. The quantitative estimate of drug-likeness (QED) is 0.0143. The molecule has 0 spiro atoms. The number of carbonyl (C=O) groups excluding carboxylic acids is 8. The minimum Gasteiger partial charge on any atom is -0.496 e. The van der Waals surface area contributed by atoms with Crippen molar-refractivity contribution in [2.24, 2.45) is 34.4 Å². The van der Waals surface area contributed by atoms with E-state index in [0.717, 1.165) is 0 Å². The number of benzene rings is 4. The van der Waals surface area contributed by atoms with E-state index < -0.39 is 84.0 Å². The zero-order valence-electron chi connectivity index (χ0n) is 50.6. The van der Waals surface area contributed by atoms with Gasteiger partial charge in [0.1, 0.15) is 41.1 Å². The number of aliphatic carboxylic acids is 1. The van der Waals surface area contributed by atoms with E-state index in [4.69, 9.17) is 75.0 Å². The van der Waals surface area contributed by atoms with Gasteiger partial charge in [-0.3, -0.25) is 60.0 Å². The number of anilines is 4. The smallest absolute Gasteiger partial charge is 0.341 e. The second kappa shape index (κ2) is 36.6. The Bertz CT molecular complexity index is 3370. The van der Waals surface area contributed by atoms with Gasteiger partial charge >= 0.3 is 5.97 Å². The molecular formula is C57H79N21O14. The molecule has 4 aromatic rings. The minimum atomic E-state index is -1.40. The van der Waals surface area contributed by atoms with Gasteiger partial charge in [0, 0.05) is 48.9 Å². The number of ether oxygens (including phenoxy) is 4. The van der Waals surface area contributed by atoms with Crippen LogP contribution in [0.4, 0.5) is 22.7 Å². The Labute approximate surface area is 527 Å². The van der Waals surface area contributed by atoms with Crippen LogP contribution in [0.25, 0.3) is 0 Å². The topological polar surface area (TPSA) is 595 Å². The Morgan fingerprint density at radius 3 is 1.01 bits per heavy atom. The highest BCUT2D eigenvalue weighted by molar-refractivity contribution is 6.08. The molecule has 0 heterocycles. The molecule has 496 valence electrons. The number of nitrogens with one attached hydrogen (secondary N) is 15. The van der Waals surface area contributed by atoms with Crippen LogP contribution in [-0.2, 0) is 24.0 Å². The summed E-state index contributed by atoms with van der Waals surface area (Å²) >= 11 is 0. The maximum absolute atomic E-state index is 14.4. The molecule has 0 aliphatic carbocycles. The van der Waals surface area contributed by atoms with Gasteiger partial charge in [0.2, 0.25) is 23.6 Å². The first-order valence-electron chi connectivity index (χ1n) is 28.3.